The molecule has 0 saturated carbocycles. The molecule has 31 heavy (non-hydrogen) atoms. The Hall–Kier alpha value is -2.71. The van der Waals surface area contributed by atoms with Crippen molar-refractivity contribution in [1.82, 2.24) is 9.66 Å². The van der Waals surface area contributed by atoms with Crippen molar-refractivity contribution in [3.8, 4) is 5.75 Å². The van der Waals surface area contributed by atoms with Crippen LogP contribution in [0.4, 0.5) is 0 Å². The van der Waals surface area contributed by atoms with Gasteiger partial charge in [0.05, 0.1) is 29.2 Å². The zero-order chi connectivity index (χ0) is 22.7. The summed E-state index contributed by atoms with van der Waals surface area (Å²) in [6, 6.07) is 10.4. The molecule has 0 aliphatic heterocycles. The van der Waals surface area contributed by atoms with Crippen molar-refractivity contribution >= 4 is 50.6 Å². The molecule has 1 heterocycles. The minimum atomic E-state index is -0.794. The van der Waals surface area contributed by atoms with Crippen LogP contribution >= 0.6 is 27.5 Å². The molecule has 0 N–H and O–H groups in total. The van der Waals surface area contributed by atoms with E-state index in [0.717, 1.165) is 4.47 Å². The second-order valence-electron chi connectivity index (χ2n) is 7.12. The van der Waals surface area contributed by atoms with E-state index >= 15 is 0 Å². The number of nitrogens with zero attached hydrogens (tertiary/aromatic N) is 3. The number of aromatic nitrogens is 2. The minimum absolute atomic E-state index is 0.0166. The standard InChI is InChI=1S/C22H21BrClN3O4/c1-12(2)20-26-18-7-6-15(23)10-16(18)21(28)27(20)25-11-14-5-8-19(17(24)9-14)31-13(3)22(29)30-4/h5-13H,1-4H3/t13-/m0/s1. The van der Waals surface area contributed by atoms with E-state index in [-0.39, 0.29) is 11.5 Å². The summed E-state index contributed by atoms with van der Waals surface area (Å²) in [4.78, 5) is 29.2. The first kappa shape index (κ1) is 23.0. The van der Waals surface area contributed by atoms with Crippen LogP contribution in [0.2, 0.25) is 5.02 Å². The van der Waals surface area contributed by atoms with Crippen molar-refractivity contribution in [2.75, 3.05) is 7.11 Å². The number of halogens is 2. The number of methoxy groups -OCH3 is 1. The van der Waals surface area contributed by atoms with Gasteiger partial charge in [0.1, 0.15) is 11.6 Å². The van der Waals surface area contributed by atoms with Gasteiger partial charge in [-0.3, -0.25) is 4.79 Å². The third-order valence-electron chi connectivity index (χ3n) is 4.46. The molecular weight excluding hydrogens is 486 g/mol. The van der Waals surface area contributed by atoms with Gasteiger partial charge in [0.2, 0.25) is 0 Å². The molecule has 0 bridgehead atoms. The van der Waals surface area contributed by atoms with Gasteiger partial charge in [0.25, 0.3) is 5.56 Å². The third-order valence-corrected chi connectivity index (χ3v) is 5.25. The first-order chi connectivity index (χ1) is 14.7. The molecule has 7 nitrogen and oxygen atoms in total. The van der Waals surface area contributed by atoms with Gasteiger partial charge in [0.15, 0.2) is 6.10 Å². The van der Waals surface area contributed by atoms with Crippen molar-refractivity contribution in [3.05, 3.63) is 67.6 Å². The fourth-order valence-corrected chi connectivity index (χ4v) is 3.47. The number of rotatable bonds is 6. The molecule has 0 unspecified atom stereocenters. The summed E-state index contributed by atoms with van der Waals surface area (Å²) in [5, 5.41) is 5.15. The van der Waals surface area contributed by atoms with Crippen LogP contribution in [0.5, 0.6) is 5.75 Å². The van der Waals surface area contributed by atoms with Gasteiger partial charge in [-0.05, 0) is 48.9 Å². The quantitative estimate of drug-likeness (QED) is 0.356. The maximum atomic E-state index is 13.1. The molecule has 3 aromatic rings. The van der Waals surface area contributed by atoms with Crippen LogP contribution in [-0.2, 0) is 9.53 Å². The van der Waals surface area contributed by atoms with Crippen molar-refractivity contribution in [3.63, 3.8) is 0 Å². The lowest BCUT2D eigenvalue weighted by atomic mass is 10.2. The summed E-state index contributed by atoms with van der Waals surface area (Å²) in [5.41, 5.74) is 1.01. The van der Waals surface area contributed by atoms with Gasteiger partial charge in [-0.25, -0.2) is 9.78 Å². The summed E-state index contributed by atoms with van der Waals surface area (Å²) in [6.07, 6.45) is 0.732. The van der Waals surface area contributed by atoms with Crippen LogP contribution < -0.4 is 10.3 Å². The lowest BCUT2D eigenvalue weighted by molar-refractivity contribution is -0.147. The average molecular weight is 507 g/mol. The number of ether oxygens (including phenoxy) is 2. The highest BCUT2D eigenvalue weighted by Gasteiger charge is 2.17. The molecule has 1 atom stereocenters. The van der Waals surface area contributed by atoms with Crippen molar-refractivity contribution in [2.45, 2.75) is 32.8 Å². The van der Waals surface area contributed by atoms with Crippen LogP contribution in [-0.4, -0.2) is 35.1 Å². The molecule has 0 radical (unpaired) electrons. The van der Waals surface area contributed by atoms with E-state index in [2.05, 4.69) is 30.8 Å². The highest BCUT2D eigenvalue weighted by molar-refractivity contribution is 9.10. The Balaban J connectivity index is 1.97. The van der Waals surface area contributed by atoms with Crippen LogP contribution in [0.25, 0.3) is 10.9 Å². The molecular formula is C22H21BrClN3O4. The Bertz CT molecular complexity index is 1220. The largest absolute Gasteiger partial charge is 0.477 e. The molecule has 0 amide bonds. The Morgan fingerprint density at radius 1 is 1.23 bits per heavy atom. The van der Waals surface area contributed by atoms with Crippen molar-refractivity contribution in [2.24, 2.45) is 5.10 Å². The average Bonchev–Trinajstić information content (AvgIpc) is 2.74. The van der Waals surface area contributed by atoms with E-state index in [4.69, 9.17) is 16.3 Å². The zero-order valence-corrected chi connectivity index (χ0v) is 19.8. The third kappa shape index (κ3) is 5.14. The highest BCUT2D eigenvalue weighted by atomic mass is 79.9. The van der Waals surface area contributed by atoms with E-state index in [1.807, 2.05) is 19.9 Å². The molecule has 3 rings (SSSR count). The van der Waals surface area contributed by atoms with Gasteiger partial charge >= 0.3 is 5.97 Å². The van der Waals surface area contributed by atoms with Gasteiger partial charge in [-0.15, -0.1) is 0 Å². The fraction of sp³-hybridized carbons (Fsp3) is 0.273. The van der Waals surface area contributed by atoms with Crippen LogP contribution in [0.3, 0.4) is 0 Å². The lowest BCUT2D eigenvalue weighted by Crippen LogP contribution is -2.25. The summed E-state index contributed by atoms with van der Waals surface area (Å²) in [7, 11) is 1.29. The van der Waals surface area contributed by atoms with Gasteiger partial charge in [-0.2, -0.15) is 9.78 Å². The van der Waals surface area contributed by atoms with E-state index < -0.39 is 12.1 Å². The molecule has 2 aromatic carbocycles. The maximum Gasteiger partial charge on any atom is 0.346 e. The first-order valence-electron chi connectivity index (χ1n) is 9.52. The summed E-state index contributed by atoms with van der Waals surface area (Å²) < 4.78 is 12.3. The molecule has 162 valence electrons. The summed E-state index contributed by atoms with van der Waals surface area (Å²) >= 11 is 9.68. The Labute approximate surface area is 192 Å². The van der Waals surface area contributed by atoms with Crippen molar-refractivity contribution < 1.29 is 14.3 Å². The van der Waals surface area contributed by atoms with Gasteiger partial charge in [0, 0.05) is 10.4 Å². The number of benzene rings is 2. The summed E-state index contributed by atoms with van der Waals surface area (Å²) in [6.45, 7) is 5.47. The molecule has 0 fully saturated rings. The smallest absolute Gasteiger partial charge is 0.346 e. The first-order valence-corrected chi connectivity index (χ1v) is 10.7. The van der Waals surface area contributed by atoms with Crippen LogP contribution in [0.15, 0.2) is 50.8 Å². The molecule has 0 spiro atoms. The molecule has 9 heteroatoms. The second kappa shape index (κ2) is 9.62. The minimum Gasteiger partial charge on any atom is -0.477 e. The molecule has 1 aromatic heterocycles. The number of carbonyl (C=O) groups excluding carboxylic acids is 1. The van der Waals surface area contributed by atoms with E-state index in [1.165, 1.54) is 18.0 Å². The SMILES string of the molecule is COC(=O)[C@H](C)Oc1ccc(C=Nn2c(C(C)C)nc3ccc(Br)cc3c2=O)cc1Cl. The summed E-state index contributed by atoms with van der Waals surface area (Å²) in [5.74, 6) is 0.373. The molecule has 0 saturated heterocycles. The molecule has 0 aliphatic carbocycles. The topological polar surface area (TPSA) is 82.8 Å². The van der Waals surface area contributed by atoms with E-state index in [0.29, 0.717) is 33.1 Å². The fourth-order valence-electron chi connectivity index (χ4n) is 2.87. The predicted molar refractivity (Wildman–Crippen MR) is 124 cm³/mol. The van der Waals surface area contributed by atoms with Crippen molar-refractivity contribution in [1.29, 1.82) is 0 Å². The highest BCUT2D eigenvalue weighted by Crippen LogP contribution is 2.26. The Morgan fingerprint density at radius 3 is 2.61 bits per heavy atom. The Morgan fingerprint density at radius 2 is 1.97 bits per heavy atom. The Kier molecular flexibility index (Phi) is 7.12. The number of esters is 1. The van der Waals surface area contributed by atoms with Gasteiger partial charge in [-0.1, -0.05) is 41.4 Å². The lowest BCUT2D eigenvalue weighted by Gasteiger charge is -2.14. The monoisotopic (exact) mass is 505 g/mol. The second-order valence-corrected chi connectivity index (χ2v) is 8.44. The molecule has 0 aliphatic rings. The van der Waals surface area contributed by atoms with E-state index in [9.17, 15) is 9.59 Å². The number of fused-ring (bicyclic) bond motifs is 1. The predicted octanol–water partition coefficient (Wildman–Crippen LogP) is 4.76. The van der Waals surface area contributed by atoms with Crippen LogP contribution in [0, 0.1) is 0 Å². The maximum absolute atomic E-state index is 13.1. The number of hydrogen-bond donors (Lipinski definition) is 0. The zero-order valence-electron chi connectivity index (χ0n) is 17.4. The van der Waals surface area contributed by atoms with Crippen LogP contribution in [0.1, 0.15) is 38.1 Å². The normalized spacial score (nSPS) is 12.5. The number of carbonyl (C=O) groups is 1. The van der Waals surface area contributed by atoms with Gasteiger partial charge < -0.3 is 9.47 Å². The number of hydrogen-bond acceptors (Lipinski definition) is 6. The van der Waals surface area contributed by atoms with E-state index in [1.54, 1.807) is 37.3 Å².